The van der Waals surface area contributed by atoms with Crippen molar-refractivity contribution in [3.63, 3.8) is 0 Å². The molecule has 11 heteroatoms. The van der Waals surface area contributed by atoms with E-state index in [1.165, 1.54) is 29.4 Å². The first-order valence-corrected chi connectivity index (χ1v) is 18.9. The highest BCUT2D eigenvalue weighted by molar-refractivity contribution is 7.90. The summed E-state index contributed by atoms with van der Waals surface area (Å²) in [5, 5.41) is 3.41. The number of aromatic nitrogens is 3. The number of anilines is 1. The summed E-state index contributed by atoms with van der Waals surface area (Å²) in [4.78, 5) is 22.3. The SMILES string of the molecule is [CH2]CN(C[CH2])c1ccc(-c2nc3cc(C(CC(N)=O)NCc4cccn4S(=O)(=O)c4ccccc4)ccc3n2CCCN2CCCCC2)cc1. The van der Waals surface area contributed by atoms with Crippen molar-refractivity contribution in [2.45, 2.75) is 56.1 Å². The van der Waals surface area contributed by atoms with Gasteiger partial charge in [0.2, 0.25) is 5.91 Å². The van der Waals surface area contributed by atoms with E-state index in [4.69, 9.17) is 10.7 Å². The first kappa shape index (κ1) is 35.4. The summed E-state index contributed by atoms with van der Waals surface area (Å²) in [5.74, 6) is 0.430. The summed E-state index contributed by atoms with van der Waals surface area (Å²) in [7, 11) is -3.78. The lowest BCUT2D eigenvalue weighted by Gasteiger charge is -2.26. The summed E-state index contributed by atoms with van der Waals surface area (Å²) in [6.45, 7) is 13.7. The molecule has 3 aromatic carbocycles. The Morgan fingerprint density at radius 1 is 0.920 bits per heavy atom. The van der Waals surface area contributed by atoms with Crippen molar-refractivity contribution < 1.29 is 13.2 Å². The molecule has 1 atom stereocenters. The second-order valence-corrected chi connectivity index (χ2v) is 14.7. The Morgan fingerprint density at radius 3 is 2.36 bits per heavy atom. The predicted octanol–water partition coefficient (Wildman–Crippen LogP) is 5.80. The molecule has 6 rings (SSSR count). The van der Waals surface area contributed by atoms with Crippen LogP contribution in [0.2, 0.25) is 0 Å². The highest BCUT2D eigenvalue weighted by Gasteiger charge is 2.22. The van der Waals surface area contributed by atoms with Crippen molar-refractivity contribution >= 4 is 32.7 Å². The molecular weight excluding hydrogens is 647 g/mol. The number of nitrogens with two attached hydrogens (primary N) is 1. The number of aryl methyl sites for hydroxylation is 1. The zero-order chi connectivity index (χ0) is 35.1. The van der Waals surface area contributed by atoms with Gasteiger partial charge in [-0.15, -0.1) is 0 Å². The number of nitrogens with zero attached hydrogens (tertiary/aromatic N) is 5. The van der Waals surface area contributed by atoms with Gasteiger partial charge in [0.15, 0.2) is 0 Å². The van der Waals surface area contributed by atoms with Crippen LogP contribution in [0, 0.1) is 13.8 Å². The fourth-order valence-electron chi connectivity index (χ4n) is 6.85. The second kappa shape index (κ2) is 16.1. The first-order valence-electron chi connectivity index (χ1n) is 17.4. The average molecular weight is 694 g/mol. The molecule has 50 heavy (non-hydrogen) atoms. The molecule has 0 aliphatic carbocycles. The van der Waals surface area contributed by atoms with E-state index in [-0.39, 0.29) is 17.9 Å². The molecule has 0 spiro atoms. The Labute approximate surface area is 296 Å². The second-order valence-electron chi connectivity index (χ2n) is 12.8. The lowest BCUT2D eigenvalue weighted by Crippen LogP contribution is -2.31. The van der Waals surface area contributed by atoms with E-state index in [9.17, 15) is 13.2 Å². The lowest BCUT2D eigenvalue weighted by atomic mass is 10.0. The van der Waals surface area contributed by atoms with Crippen LogP contribution in [0.25, 0.3) is 22.4 Å². The number of primary amides is 1. The molecule has 3 N–H and O–H groups in total. The maximum absolute atomic E-state index is 13.4. The van der Waals surface area contributed by atoms with Crippen LogP contribution in [0.15, 0.2) is 96.0 Å². The van der Waals surface area contributed by atoms with Gasteiger partial charge in [-0.1, -0.05) is 30.7 Å². The topological polar surface area (TPSA) is 118 Å². The molecule has 0 saturated carbocycles. The Hall–Kier alpha value is -4.45. The fraction of sp³-hybridized carbons (Fsp3) is 0.333. The molecule has 1 aliphatic heterocycles. The molecule has 1 amide bonds. The Kier molecular flexibility index (Phi) is 11.4. The van der Waals surface area contributed by atoms with Gasteiger partial charge < -0.3 is 25.4 Å². The van der Waals surface area contributed by atoms with Crippen LogP contribution in [0.3, 0.4) is 0 Å². The van der Waals surface area contributed by atoms with E-state index in [1.807, 2.05) is 12.1 Å². The average Bonchev–Trinajstić information content (AvgIpc) is 3.77. The van der Waals surface area contributed by atoms with Crippen molar-refractivity contribution in [1.29, 1.82) is 0 Å². The van der Waals surface area contributed by atoms with Crippen LogP contribution in [0.5, 0.6) is 0 Å². The molecule has 5 aromatic rings. The minimum atomic E-state index is -3.78. The van der Waals surface area contributed by atoms with E-state index >= 15 is 0 Å². The highest BCUT2D eigenvalue weighted by Crippen LogP contribution is 2.30. The number of fused-ring (bicyclic) bond motifs is 1. The van der Waals surface area contributed by atoms with Crippen LogP contribution in [0.4, 0.5) is 5.69 Å². The lowest BCUT2D eigenvalue weighted by molar-refractivity contribution is -0.118. The largest absolute Gasteiger partial charge is 0.372 e. The number of likely N-dealkylation sites (tertiary alicyclic amines) is 1. The third-order valence-electron chi connectivity index (χ3n) is 9.54. The van der Waals surface area contributed by atoms with Crippen molar-refractivity contribution in [3.8, 4) is 11.4 Å². The molecular formula is C39H47N7O3S. The Balaban J connectivity index is 1.29. The quantitative estimate of drug-likeness (QED) is 0.134. The Morgan fingerprint density at radius 2 is 1.66 bits per heavy atom. The van der Waals surface area contributed by atoms with Crippen molar-refractivity contribution in [2.75, 3.05) is 37.6 Å². The van der Waals surface area contributed by atoms with Gasteiger partial charge in [-0.3, -0.25) is 4.79 Å². The van der Waals surface area contributed by atoms with E-state index in [0.717, 1.165) is 66.3 Å². The van der Waals surface area contributed by atoms with E-state index in [1.54, 1.807) is 42.5 Å². The molecule has 1 aliphatic rings. The van der Waals surface area contributed by atoms with Crippen LogP contribution >= 0.6 is 0 Å². The third kappa shape index (κ3) is 7.96. The molecule has 0 bridgehead atoms. The van der Waals surface area contributed by atoms with Gasteiger partial charge in [0.1, 0.15) is 5.82 Å². The maximum Gasteiger partial charge on any atom is 0.267 e. The summed E-state index contributed by atoms with van der Waals surface area (Å²) in [6.07, 6.45) is 6.43. The van der Waals surface area contributed by atoms with Gasteiger partial charge in [0, 0.05) is 61.8 Å². The Bertz CT molecular complexity index is 1980. The van der Waals surface area contributed by atoms with Crippen molar-refractivity contribution in [3.05, 3.63) is 116 Å². The number of amides is 1. The van der Waals surface area contributed by atoms with E-state index < -0.39 is 22.0 Å². The van der Waals surface area contributed by atoms with Gasteiger partial charge in [-0.05, 0) is 119 Å². The van der Waals surface area contributed by atoms with Crippen LogP contribution in [-0.2, 0) is 27.9 Å². The molecule has 1 fully saturated rings. The maximum atomic E-state index is 13.4. The number of hydrogen-bond acceptors (Lipinski definition) is 7. The molecule has 2 radical (unpaired) electrons. The summed E-state index contributed by atoms with van der Waals surface area (Å²) < 4.78 is 30.4. The number of carbonyl (C=O) groups excluding carboxylic acids is 1. The monoisotopic (exact) mass is 693 g/mol. The van der Waals surface area contributed by atoms with Gasteiger partial charge in [-0.2, -0.15) is 0 Å². The zero-order valence-electron chi connectivity index (χ0n) is 28.6. The zero-order valence-corrected chi connectivity index (χ0v) is 29.4. The normalized spacial score (nSPS) is 14.6. The predicted molar refractivity (Wildman–Crippen MR) is 200 cm³/mol. The number of piperidine rings is 1. The van der Waals surface area contributed by atoms with Crippen LogP contribution in [0.1, 0.15) is 49.4 Å². The third-order valence-corrected chi connectivity index (χ3v) is 11.3. The standard InChI is InChI=1S/C39H47N7O3S/c1-3-44(4-2)32-19-16-30(17-20-32)39-42-36-27-31(18-21-37(36)45(39)25-12-24-43-22-9-6-10-23-43)35(28-38(40)47)41-29-33-13-11-26-46(33)50(48,49)34-14-7-5-8-15-34/h5,7-8,11,13-21,26-27,35,41H,1-4,6,9-10,12,22-25,28-29H2,(H2,40,47). The number of nitrogens with one attached hydrogen (secondary N) is 1. The molecule has 1 unspecified atom stereocenters. The van der Waals surface area contributed by atoms with Gasteiger partial charge >= 0.3 is 0 Å². The molecule has 2 aromatic heterocycles. The molecule has 10 nitrogen and oxygen atoms in total. The molecule has 262 valence electrons. The van der Waals surface area contributed by atoms with Gasteiger partial charge in [-0.25, -0.2) is 17.4 Å². The minimum Gasteiger partial charge on any atom is -0.372 e. The fourth-order valence-corrected chi connectivity index (χ4v) is 8.25. The highest BCUT2D eigenvalue weighted by atomic mass is 32.2. The number of imidazole rings is 1. The summed E-state index contributed by atoms with van der Waals surface area (Å²) in [5.41, 5.74) is 11.0. The van der Waals surface area contributed by atoms with E-state index in [0.29, 0.717) is 18.8 Å². The van der Waals surface area contributed by atoms with Gasteiger partial charge in [0.05, 0.1) is 15.9 Å². The van der Waals surface area contributed by atoms with Gasteiger partial charge in [0.25, 0.3) is 10.0 Å². The number of benzene rings is 3. The van der Waals surface area contributed by atoms with Crippen LogP contribution in [-0.4, -0.2) is 65.5 Å². The summed E-state index contributed by atoms with van der Waals surface area (Å²) >= 11 is 0. The van der Waals surface area contributed by atoms with Crippen molar-refractivity contribution in [1.82, 2.24) is 23.7 Å². The number of rotatable bonds is 16. The molecule has 1 saturated heterocycles. The number of hydrogen-bond donors (Lipinski definition) is 2. The first-order chi connectivity index (χ1) is 24.3. The number of carbonyl (C=O) groups is 1. The minimum absolute atomic E-state index is 0.0393. The smallest absolute Gasteiger partial charge is 0.267 e. The molecule has 3 heterocycles. The van der Waals surface area contributed by atoms with Crippen molar-refractivity contribution in [2.24, 2.45) is 5.73 Å². The van der Waals surface area contributed by atoms with Crippen LogP contribution < -0.4 is 16.0 Å². The summed E-state index contributed by atoms with van der Waals surface area (Å²) in [6, 6.07) is 25.8. The van der Waals surface area contributed by atoms with E-state index in [2.05, 4.69) is 63.9 Å².